The third-order valence-corrected chi connectivity index (χ3v) is 7.45. The molecule has 0 bridgehead atoms. The van der Waals surface area contributed by atoms with Crippen LogP contribution in [0.2, 0.25) is 5.02 Å². The number of benzene rings is 2. The minimum absolute atomic E-state index is 0.104. The molecular formula is C30H40ClFN2O5. The average molecular weight is 563 g/mol. The van der Waals surface area contributed by atoms with Gasteiger partial charge in [-0.15, -0.1) is 0 Å². The van der Waals surface area contributed by atoms with E-state index in [0.717, 1.165) is 43.5 Å². The summed E-state index contributed by atoms with van der Waals surface area (Å²) in [7, 11) is 3.29. The molecule has 214 valence electrons. The second-order valence-electron chi connectivity index (χ2n) is 10.7. The van der Waals surface area contributed by atoms with Crippen molar-refractivity contribution in [1.29, 1.82) is 0 Å². The number of nitrogens with one attached hydrogen (secondary N) is 1. The van der Waals surface area contributed by atoms with Crippen molar-refractivity contribution < 1.29 is 28.6 Å². The molecule has 2 aromatic rings. The first-order valence-corrected chi connectivity index (χ1v) is 13.9. The van der Waals surface area contributed by atoms with E-state index in [0.29, 0.717) is 11.6 Å². The second kappa shape index (κ2) is 14.6. The Labute approximate surface area is 235 Å². The van der Waals surface area contributed by atoms with Crippen molar-refractivity contribution >= 4 is 34.9 Å². The Morgan fingerprint density at radius 3 is 2.44 bits per heavy atom. The zero-order valence-corrected chi connectivity index (χ0v) is 24.0. The molecule has 0 aromatic heterocycles. The normalized spacial score (nSPS) is 18.1. The van der Waals surface area contributed by atoms with Crippen molar-refractivity contribution in [2.75, 3.05) is 37.6 Å². The van der Waals surface area contributed by atoms with Crippen molar-refractivity contribution in [3.63, 3.8) is 0 Å². The van der Waals surface area contributed by atoms with Crippen LogP contribution < -0.4 is 10.2 Å². The topological polar surface area (TPSA) is 88.1 Å². The lowest BCUT2D eigenvalue weighted by molar-refractivity contribution is -0.137. The summed E-state index contributed by atoms with van der Waals surface area (Å²) < 4.78 is 25.3. The molecule has 1 aliphatic carbocycles. The molecule has 39 heavy (non-hydrogen) atoms. The largest absolute Gasteiger partial charge is 0.481 e. The molecule has 1 atom stereocenters. The van der Waals surface area contributed by atoms with Gasteiger partial charge >= 0.3 is 5.97 Å². The molecular weight excluding hydrogens is 523 g/mol. The maximum absolute atomic E-state index is 14.4. The predicted octanol–water partition coefficient (Wildman–Crippen LogP) is 6.29. The molecule has 1 fully saturated rings. The molecule has 7 nitrogen and oxygen atoms in total. The third-order valence-electron chi connectivity index (χ3n) is 7.21. The number of hydrogen-bond donors (Lipinski definition) is 2. The van der Waals surface area contributed by atoms with Gasteiger partial charge in [-0.05, 0) is 67.0 Å². The van der Waals surface area contributed by atoms with Crippen molar-refractivity contribution in [1.82, 2.24) is 0 Å². The monoisotopic (exact) mass is 562 g/mol. The van der Waals surface area contributed by atoms with E-state index in [-0.39, 0.29) is 54.0 Å². The first kappa shape index (κ1) is 30.9. The molecule has 0 heterocycles. The van der Waals surface area contributed by atoms with Crippen LogP contribution in [0.3, 0.4) is 0 Å². The number of carbonyl (C=O) groups is 2. The van der Waals surface area contributed by atoms with Crippen molar-refractivity contribution in [3.8, 4) is 0 Å². The zero-order valence-electron chi connectivity index (χ0n) is 23.2. The van der Waals surface area contributed by atoms with Gasteiger partial charge in [0.2, 0.25) is 5.91 Å². The SMILES string of the molecule is COCC(CC(=O)O)c1ccc(N(CC(C)C)C2CCC(OC)CC2)c(NC(=O)Cc2ccc(Cl)cc2F)c1. The number of anilines is 2. The lowest BCUT2D eigenvalue weighted by atomic mass is 9.90. The van der Waals surface area contributed by atoms with E-state index in [9.17, 15) is 19.1 Å². The number of halogens is 2. The van der Waals surface area contributed by atoms with Crippen LogP contribution in [0, 0.1) is 11.7 Å². The molecule has 0 radical (unpaired) electrons. The summed E-state index contributed by atoms with van der Waals surface area (Å²) in [6, 6.07) is 10.2. The van der Waals surface area contributed by atoms with Crippen LogP contribution in [-0.2, 0) is 25.5 Å². The van der Waals surface area contributed by atoms with Crippen LogP contribution in [0.25, 0.3) is 0 Å². The number of amides is 1. The summed E-state index contributed by atoms with van der Waals surface area (Å²) >= 11 is 5.88. The van der Waals surface area contributed by atoms with E-state index in [4.69, 9.17) is 21.1 Å². The van der Waals surface area contributed by atoms with Crippen molar-refractivity contribution in [2.24, 2.45) is 5.92 Å². The van der Waals surface area contributed by atoms with Gasteiger partial charge in [-0.2, -0.15) is 0 Å². The van der Waals surface area contributed by atoms with Gasteiger partial charge in [0.25, 0.3) is 0 Å². The fraction of sp³-hybridized carbons (Fsp3) is 0.533. The van der Waals surface area contributed by atoms with Gasteiger partial charge in [-0.3, -0.25) is 9.59 Å². The van der Waals surface area contributed by atoms with Crippen molar-refractivity contribution in [2.45, 2.75) is 70.4 Å². The minimum atomic E-state index is -0.929. The average Bonchev–Trinajstić information content (AvgIpc) is 2.88. The molecule has 1 saturated carbocycles. The van der Waals surface area contributed by atoms with Crippen LogP contribution in [0.15, 0.2) is 36.4 Å². The third kappa shape index (κ3) is 8.92. The lowest BCUT2D eigenvalue weighted by Gasteiger charge is -2.40. The summed E-state index contributed by atoms with van der Waals surface area (Å²) in [6.45, 7) is 5.33. The van der Waals surface area contributed by atoms with E-state index in [1.54, 1.807) is 13.2 Å². The standard InChI is InChI=1S/C30H40ClFN2O5/c1-19(2)17-34(24-8-10-25(39-4)11-9-24)28-12-6-20(22(18-38-3)15-30(36)37)13-27(28)33-29(35)14-21-5-7-23(31)16-26(21)32/h5-7,12-13,16,19,22,24-25H,8-11,14-15,17-18H2,1-4H3,(H,33,35)(H,36,37). The fourth-order valence-electron chi connectivity index (χ4n) is 5.31. The van der Waals surface area contributed by atoms with Crippen LogP contribution >= 0.6 is 11.6 Å². The highest BCUT2D eigenvalue weighted by atomic mass is 35.5. The molecule has 9 heteroatoms. The van der Waals surface area contributed by atoms with E-state index in [2.05, 4.69) is 24.1 Å². The minimum Gasteiger partial charge on any atom is -0.481 e. The summed E-state index contributed by atoms with van der Waals surface area (Å²) in [5.41, 5.74) is 2.44. The van der Waals surface area contributed by atoms with Gasteiger partial charge < -0.3 is 24.8 Å². The first-order chi connectivity index (χ1) is 18.6. The van der Waals surface area contributed by atoms with Crippen LogP contribution in [-0.4, -0.2) is 56.5 Å². The molecule has 3 rings (SSSR count). The highest BCUT2D eigenvalue weighted by Crippen LogP contribution is 2.36. The van der Waals surface area contributed by atoms with Crippen LogP contribution in [0.4, 0.5) is 15.8 Å². The van der Waals surface area contributed by atoms with Gasteiger partial charge in [0.15, 0.2) is 0 Å². The predicted molar refractivity (Wildman–Crippen MR) is 152 cm³/mol. The number of carboxylic acid groups (broad SMARTS) is 1. The van der Waals surface area contributed by atoms with Crippen LogP contribution in [0.1, 0.15) is 63.0 Å². The Morgan fingerprint density at radius 2 is 1.85 bits per heavy atom. The maximum atomic E-state index is 14.4. The second-order valence-corrected chi connectivity index (χ2v) is 11.1. The molecule has 1 amide bonds. The summed E-state index contributed by atoms with van der Waals surface area (Å²) in [4.78, 5) is 27.1. The smallest absolute Gasteiger partial charge is 0.304 e. The number of nitrogens with zero attached hydrogens (tertiary/aromatic N) is 1. The molecule has 0 spiro atoms. The Bertz CT molecular complexity index is 1120. The van der Waals surface area contributed by atoms with Gasteiger partial charge in [0, 0.05) is 37.7 Å². The number of carboxylic acids is 1. The first-order valence-electron chi connectivity index (χ1n) is 13.5. The van der Waals surface area contributed by atoms with E-state index >= 15 is 0 Å². The highest BCUT2D eigenvalue weighted by Gasteiger charge is 2.29. The number of methoxy groups -OCH3 is 2. The van der Waals surface area contributed by atoms with Gasteiger partial charge in [-0.1, -0.05) is 37.6 Å². The summed E-state index contributed by atoms with van der Waals surface area (Å²) in [6.07, 6.45) is 3.83. The van der Waals surface area contributed by atoms with E-state index < -0.39 is 11.8 Å². The zero-order chi connectivity index (χ0) is 28.5. The lowest BCUT2D eigenvalue weighted by Crippen LogP contribution is -2.42. The fourth-order valence-corrected chi connectivity index (χ4v) is 5.46. The summed E-state index contributed by atoms with van der Waals surface area (Å²) in [5.74, 6) is -1.86. The number of ether oxygens (including phenoxy) is 2. The van der Waals surface area contributed by atoms with Crippen LogP contribution in [0.5, 0.6) is 0 Å². The van der Waals surface area contributed by atoms with Gasteiger partial charge in [0.05, 0.1) is 36.9 Å². The molecule has 2 aromatic carbocycles. The summed E-state index contributed by atoms with van der Waals surface area (Å²) in [5, 5.41) is 12.7. The van der Waals surface area contributed by atoms with E-state index in [1.807, 2.05) is 18.2 Å². The number of rotatable bonds is 13. The molecule has 1 unspecified atom stereocenters. The molecule has 2 N–H and O–H groups in total. The Morgan fingerprint density at radius 1 is 1.13 bits per heavy atom. The molecule has 0 saturated heterocycles. The number of carbonyl (C=O) groups excluding carboxylic acids is 1. The van der Waals surface area contributed by atoms with Gasteiger partial charge in [0.1, 0.15) is 5.82 Å². The number of aliphatic carboxylic acids is 1. The highest BCUT2D eigenvalue weighted by molar-refractivity contribution is 6.30. The Balaban J connectivity index is 1.99. The Hall–Kier alpha value is -2.68. The maximum Gasteiger partial charge on any atom is 0.304 e. The van der Waals surface area contributed by atoms with Gasteiger partial charge in [-0.25, -0.2) is 4.39 Å². The molecule has 1 aliphatic rings. The quantitative estimate of drug-likeness (QED) is 0.298. The number of hydrogen-bond acceptors (Lipinski definition) is 5. The Kier molecular flexibility index (Phi) is 11.6. The van der Waals surface area contributed by atoms with Crippen molar-refractivity contribution in [3.05, 3.63) is 58.4 Å². The molecule has 0 aliphatic heterocycles. The van der Waals surface area contributed by atoms with E-state index in [1.165, 1.54) is 19.2 Å².